The molecular weight excluding hydrogens is 222 g/mol. The van der Waals surface area contributed by atoms with Gasteiger partial charge in [0.1, 0.15) is 11.5 Å². The first-order valence-corrected chi connectivity index (χ1v) is 5.39. The predicted molar refractivity (Wildman–Crippen MR) is 65.9 cm³/mol. The van der Waals surface area contributed by atoms with Crippen molar-refractivity contribution in [3.63, 3.8) is 0 Å². The minimum Gasteiger partial charge on any atom is -0.457 e. The second-order valence-electron chi connectivity index (χ2n) is 3.37. The second-order valence-corrected chi connectivity index (χ2v) is 3.78. The van der Waals surface area contributed by atoms with Gasteiger partial charge in [-0.3, -0.25) is 0 Å². The van der Waals surface area contributed by atoms with E-state index in [4.69, 9.17) is 22.1 Å². The van der Waals surface area contributed by atoms with Crippen molar-refractivity contribution in [3.8, 4) is 11.5 Å². The normalized spacial score (nSPS) is 10.1. The van der Waals surface area contributed by atoms with Crippen molar-refractivity contribution in [2.45, 2.75) is 6.54 Å². The second kappa shape index (κ2) is 5.01. The molecule has 0 aliphatic heterocycles. The van der Waals surface area contributed by atoms with Gasteiger partial charge in [0.25, 0.3) is 0 Å². The van der Waals surface area contributed by atoms with Crippen molar-refractivity contribution in [2.24, 2.45) is 5.73 Å². The summed E-state index contributed by atoms with van der Waals surface area (Å²) in [7, 11) is 0. The van der Waals surface area contributed by atoms with Crippen molar-refractivity contribution in [3.05, 3.63) is 59.1 Å². The van der Waals surface area contributed by atoms with E-state index in [1.54, 1.807) is 6.07 Å². The van der Waals surface area contributed by atoms with E-state index in [0.29, 0.717) is 17.3 Å². The van der Waals surface area contributed by atoms with Crippen LogP contribution in [-0.4, -0.2) is 0 Å². The zero-order valence-electron chi connectivity index (χ0n) is 8.69. The topological polar surface area (TPSA) is 35.2 Å². The molecule has 2 aromatic carbocycles. The standard InChI is InChI=1S/C13H12ClNO/c14-13-8-12(7-6-10(13)9-15)16-11-4-2-1-3-5-11/h1-8H,9,15H2. The Kier molecular flexibility index (Phi) is 3.44. The molecule has 0 unspecified atom stereocenters. The number of halogens is 1. The molecule has 16 heavy (non-hydrogen) atoms. The maximum Gasteiger partial charge on any atom is 0.128 e. The fourth-order valence-electron chi connectivity index (χ4n) is 1.38. The van der Waals surface area contributed by atoms with Crippen LogP contribution in [0.15, 0.2) is 48.5 Å². The molecule has 0 saturated carbocycles. The molecule has 0 aliphatic carbocycles. The minimum absolute atomic E-state index is 0.435. The molecule has 0 spiro atoms. The van der Waals surface area contributed by atoms with Gasteiger partial charge in [-0.05, 0) is 29.8 Å². The Bertz CT molecular complexity index is 471. The van der Waals surface area contributed by atoms with Gasteiger partial charge in [0.15, 0.2) is 0 Å². The number of benzene rings is 2. The van der Waals surface area contributed by atoms with E-state index in [0.717, 1.165) is 11.3 Å². The number of para-hydroxylation sites is 1. The summed E-state index contributed by atoms with van der Waals surface area (Å²) >= 11 is 6.04. The largest absolute Gasteiger partial charge is 0.457 e. The first-order valence-electron chi connectivity index (χ1n) is 5.01. The first-order chi connectivity index (χ1) is 7.79. The molecule has 2 rings (SSSR count). The van der Waals surface area contributed by atoms with Crippen LogP contribution in [0.4, 0.5) is 0 Å². The molecule has 2 nitrogen and oxygen atoms in total. The number of hydrogen-bond acceptors (Lipinski definition) is 2. The predicted octanol–water partition coefficient (Wildman–Crippen LogP) is 3.59. The molecule has 82 valence electrons. The van der Waals surface area contributed by atoms with E-state index in [1.807, 2.05) is 42.5 Å². The Morgan fingerprint density at radius 1 is 1.00 bits per heavy atom. The summed E-state index contributed by atoms with van der Waals surface area (Å²) in [5.74, 6) is 1.51. The Morgan fingerprint density at radius 2 is 1.75 bits per heavy atom. The van der Waals surface area contributed by atoms with E-state index >= 15 is 0 Å². The van der Waals surface area contributed by atoms with Crippen molar-refractivity contribution in [2.75, 3.05) is 0 Å². The molecular formula is C13H12ClNO. The lowest BCUT2D eigenvalue weighted by molar-refractivity contribution is 0.482. The van der Waals surface area contributed by atoms with E-state index in [-0.39, 0.29) is 0 Å². The molecule has 0 amide bonds. The maximum atomic E-state index is 6.04. The highest BCUT2D eigenvalue weighted by Crippen LogP contribution is 2.26. The zero-order valence-corrected chi connectivity index (χ0v) is 9.45. The van der Waals surface area contributed by atoms with Gasteiger partial charge in [0.05, 0.1) is 0 Å². The fraction of sp³-hybridized carbons (Fsp3) is 0.0769. The number of rotatable bonds is 3. The lowest BCUT2D eigenvalue weighted by Gasteiger charge is -2.07. The first kappa shape index (κ1) is 11.0. The summed E-state index contributed by atoms with van der Waals surface area (Å²) in [5.41, 5.74) is 6.45. The van der Waals surface area contributed by atoms with Crippen LogP contribution in [0.2, 0.25) is 5.02 Å². The minimum atomic E-state index is 0.435. The van der Waals surface area contributed by atoms with Gasteiger partial charge in [-0.15, -0.1) is 0 Å². The van der Waals surface area contributed by atoms with Gasteiger partial charge in [0.2, 0.25) is 0 Å². The highest BCUT2D eigenvalue weighted by molar-refractivity contribution is 6.31. The summed E-state index contributed by atoms with van der Waals surface area (Å²) in [6.07, 6.45) is 0. The number of nitrogens with two attached hydrogens (primary N) is 1. The van der Waals surface area contributed by atoms with Crippen LogP contribution in [0.1, 0.15) is 5.56 Å². The van der Waals surface area contributed by atoms with Crippen LogP contribution in [0, 0.1) is 0 Å². The maximum absolute atomic E-state index is 6.04. The highest BCUT2D eigenvalue weighted by atomic mass is 35.5. The molecule has 2 N–H and O–H groups in total. The van der Waals surface area contributed by atoms with Crippen molar-refractivity contribution < 1.29 is 4.74 Å². The number of ether oxygens (including phenoxy) is 1. The average molecular weight is 234 g/mol. The average Bonchev–Trinajstić information content (AvgIpc) is 2.31. The summed E-state index contributed by atoms with van der Waals surface area (Å²) in [6, 6.07) is 15.1. The van der Waals surface area contributed by atoms with Crippen LogP contribution in [0.25, 0.3) is 0 Å². The van der Waals surface area contributed by atoms with E-state index in [9.17, 15) is 0 Å². The van der Waals surface area contributed by atoms with Crippen molar-refractivity contribution in [1.82, 2.24) is 0 Å². The highest BCUT2D eigenvalue weighted by Gasteiger charge is 2.01. The molecule has 0 aromatic heterocycles. The molecule has 3 heteroatoms. The third-order valence-corrected chi connectivity index (χ3v) is 2.58. The number of hydrogen-bond donors (Lipinski definition) is 1. The van der Waals surface area contributed by atoms with E-state index < -0.39 is 0 Å². The van der Waals surface area contributed by atoms with Gasteiger partial charge < -0.3 is 10.5 Å². The van der Waals surface area contributed by atoms with Gasteiger partial charge in [-0.1, -0.05) is 35.9 Å². The van der Waals surface area contributed by atoms with Crippen LogP contribution >= 0.6 is 11.6 Å². The van der Waals surface area contributed by atoms with E-state index in [1.165, 1.54) is 0 Å². The Morgan fingerprint density at radius 3 is 2.38 bits per heavy atom. The summed E-state index contributed by atoms with van der Waals surface area (Å²) in [5, 5.41) is 0.635. The molecule has 0 saturated heterocycles. The Balaban J connectivity index is 2.20. The summed E-state index contributed by atoms with van der Waals surface area (Å²) in [6.45, 7) is 0.435. The monoisotopic (exact) mass is 233 g/mol. The van der Waals surface area contributed by atoms with Gasteiger partial charge in [-0.2, -0.15) is 0 Å². The van der Waals surface area contributed by atoms with Crippen LogP contribution < -0.4 is 10.5 Å². The zero-order chi connectivity index (χ0) is 11.4. The molecule has 0 fully saturated rings. The van der Waals surface area contributed by atoms with Gasteiger partial charge in [0, 0.05) is 11.6 Å². The quantitative estimate of drug-likeness (QED) is 0.879. The summed E-state index contributed by atoms with van der Waals surface area (Å²) < 4.78 is 5.63. The lowest BCUT2D eigenvalue weighted by atomic mass is 10.2. The third-order valence-electron chi connectivity index (χ3n) is 2.22. The molecule has 0 aliphatic rings. The van der Waals surface area contributed by atoms with Crippen molar-refractivity contribution in [1.29, 1.82) is 0 Å². The van der Waals surface area contributed by atoms with Crippen LogP contribution in [0.3, 0.4) is 0 Å². The lowest BCUT2D eigenvalue weighted by Crippen LogP contribution is -1.97. The Labute approximate surface area is 99.6 Å². The van der Waals surface area contributed by atoms with Crippen molar-refractivity contribution >= 4 is 11.6 Å². The molecule has 0 radical (unpaired) electrons. The van der Waals surface area contributed by atoms with Gasteiger partial charge >= 0.3 is 0 Å². The molecule has 0 bridgehead atoms. The fourth-order valence-corrected chi connectivity index (χ4v) is 1.63. The molecule has 0 heterocycles. The summed E-state index contributed by atoms with van der Waals surface area (Å²) in [4.78, 5) is 0. The van der Waals surface area contributed by atoms with Gasteiger partial charge in [-0.25, -0.2) is 0 Å². The van der Waals surface area contributed by atoms with Crippen LogP contribution in [-0.2, 0) is 6.54 Å². The third kappa shape index (κ3) is 2.54. The van der Waals surface area contributed by atoms with Crippen LogP contribution in [0.5, 0.6) is 11.5 Å². The molecule has 0 atom stereocenters. The smallest absolute Gasteiger partial charge is 0.128 e. The SMILES string of the molecule is NCc1ccc(Oc2ccccc2)cc1Cl. The van der Waals surface area contributed by atoms with E-state index in [2.05, 4.69) is 0 Å². The molecule has 2 aromatic rings. The Hall–Kier alpha value is -1.51.